The molecule has 40 heavy (non-hydrogen) atoms. The van der Waals surface area contributed by atoms with E-state index in [1.54, 1.807) is 56.3 Å². The molecule has 1 aliphatic rings. The van der Waals surface area contributed by atoms with Crippen molar-refractivity contribution in [1.82, 2.24) is 4.31 Å². The fourth-order valence-electron chi connectivity index (χ4n) is 5.07. The van der Waals surface area contributed by atoms with Crippen LogP contribution < -0.4 is 10.2 Å². The molecule has 3 amide bonds. The molecule has 1 saturated heterocycles. The molecule has 1 fully saturated rings. The van der Waals surface area contributed by atoms with Crippen molar-refractivity contribution in [2.45, 2.75) is 58.4 Å². The van der Waals surface area contributed by atoms with E-state index in [4.69, 9.17) is 11.6 Å². The van der Waals surface area contributed by atoms with E-state index in [-0.39, 0.29) is 23.8 Å². The normalized spacial score (nSPS) is 15.7. The Labute approximate surface area is 240 Å². The van der Waals surface area contributed by atoms with E-state index in [9.17, 15) is 22.8 Å². The summed E-state index contributed by atoms with van der Waals surface area (Å²) in [6.07, 6.45) is 0.00994. The Morgan fingerprint density at radius 1 is 1.00 bits per heavy atom. The second kappa shape index (κ2) is 11.5. The van der Waals surface area contributed by atoms with Gasteiger partial charge in [-0.3, -0.25) is 14.4 Å². The summed E-state index contributed by atoms with van der Waals surface area (Å²) in [6, 6.07) is 14.1. The van der Waals surface area contributed by atoms with Crippen LogP contribution in [0.25, 0.3) is 0 Å². The van der Waals surface area contributed by atoms with Gasteiger partial charge < -0.3 is 5.32 Å². The SMILES string of the molecule is CC(=O)Nc1ccc(N2C(=O)CC(N(CCc3cccc(Cl)c3)S(=O)(=O)c3c(C)c(C)cc(C)c3C)C2=O)cc1. The van der Waals surface area contributed by atoms with Crippen LogP contribution in [-0.2, 0) is 30.8 Å². The van der Waals surface area contributed by atoms with Gasteiger partial charge in [0.25, 0.3) is 5.91 Å². The van der Waals surface area contributed by atoms with Crippen LogP contribution in [0.1, 0.15) is 41.2 Å². The number of hydrogen-bond acceptors (Lipinski definition) is 5. The van der Waals surface area contributed by atoms with Gasteiger partial charge in [-0.25, -0.2) is 13.3 Å². The lowest BCUT2D eigenvalue weighted by Crippen LogP contribution is -2.46. The number of aryl methyl sites for hydroxylation is 2. The number of nitrogens with zero attached hydrogens (tertiary/aromatic N) is 2. The summed E-state index contributed by atoms with van der Waals surface area (Å²) in [5.74, 6) is -1.37. The summed E-state index contributed by atoms with van der Waals surface area (Å²) >= 11 is 6.16. The van der Waals surface area contributed by atoms with Crippen molar-refractivity contribution in [3.05, 3.63) is 87.4 Å². The van der Waals surface area contributed by atoms with Gasteiger partial charge in [0.15, 0.2) is 0 Å². The predicted molar refractivity (Wildman–Crippen MR) is 156 cm³/mol. The highest BCUT2D eigenvalue weighted by Gasteiger charge is 2.47. The fourth-order valence-corrected chi connectivity index (χ4v) is 7.44. The van der Waals surface area contributed by atoms with Crippen LogP contribution in [0, 0.1) is 27.7 Å². The van der Waals surface area contributed by atoms with Gasteiger partial charge in [0, 0.05) is 24.2 Å². The summed E-state index contributed by atoms with van der Waals surface area (Å²) in [7, 11) is -4.20. The van der Waals surface area contributed by atoms with Gasteiger partial charge >= 0.3 is 0 Å². The van der Waals surface area contributed by atoms with Crippen molar-refractivity contribution < 1.29 is 22.8 Å². The average Bonchev–Trinajstić information content (AvgIpc) is 3.16. The number of halogens is 1. The van der Waals surface area contributed by atoms with E-state index in [1.807, 2.05) is 26.0 Å². The third-order valence-electron chi connectivity index (χ3n) is 7.29. The molecule has 3 aromatic carbocycles. The van der Waals surface area contributed by atoms with Crippen molar-refractivity contribution in [2.75, 3.05) is 16.8 Å². The third-order valence-corrected chi connectivity index (χ3v) is 9.71. The zero-order valence-electron chi connectivity index (χ0n) is 23.1. The zero-order valence-corrected chi connectivity index (χ0v) is 24.7. The summed E-state index contributed by atoms with van der Waals surface area (Å²) in [6.45, 7) is 8.58. The van der Waals surface area contributed by atoms with Gasteiger partial charge in [0.2, 0.25) is 21.8 Å². The van der Waals surface area contributed by atoms with E-state index in [0.717, 1.165) is 21.6 Å². The Bertz CT molecular complexity index is 1580. The standard InChI is InChI=1S/C30H32ClN3O5S/c1-18-15-19(2)21(4)29(20(18)3)40(38,39)33(14-13-23-7-6-8-24(31)16-23)27-17-28(36)34(30(27)37)26-11-9-25(10-12-26)32-22(5)35/h6-12,15-16,27H,13-14,17H2,1-5H3,(H,32,35). The van der Waals surface area contributed by atoms with Gasteiger partial charge in [0.05, 0.1) is 17.0 Å². The molecule has 1 aliphatic heterocycles. The highest BCUT2D eigenvalue weighted by molar-refractivity contribution is 7.89. The van der Waals surface area contributed by atoms with Crippen LogP contribution in [0.15, 0.2) is 59.5 Å². The maximum atomic E-state index is 14.4. The number of nitrogens with one attached hydrogen (secondary N) is 1. The first kappa shape index (κ1) is 29.5. The second-order valence-corrected chi connectivity index (χ2v) is 12.4. The Balaban J connectivity index is 1.75. The summed E-state index contributed by atoms with van der Waals surface area (Å²) in [5.41, 5.74) is 4.49. The van der Waals surface area contributed by atoms with E-state index < -0.39 is 27.9 Å². The molecule has 1 N–H and O–H groups in total. The number of anilines is 2. The first-order valence-electron chi connectivity index (χ1n) is 12.9. The highest BCUT2D eigenvalue weighted by atomic mass is 35.5. The Hall–Kier alpha value is -3.53. The molecule has 0 aliphatic carbocycles. The van der Waals surface area contributed by atoms with Crippen LogP contribution in [-0.4, -0.2) is 43.0 Å². The molecule has 1 unspecified atom stereocenters. The molecule has 0 radical (unpaired) electrons. The predicted octanol–water partition coefficient (Wildman–Crippen LogP) is 5.10. The number of imide groups is 1. The number of carbonyl (C=O) groups is 3. The molecule has 10 heteroatoms. The molecular formula is C30H32ClN3O5S. The Morgan fingerprint density at radius 3 is 2.20 bits per heavy atom. The first-order valence-corrected chi connectivity index (χ1v) is 14.7. The van der Waals surface area contributed by atoms with Crippen molar-refractivity contribution in [3.63, 3.8) is 0 Å². The minimum absolute atomic E-state index is 0.0203. The molecule has 1 heterocycles. The molecule has 1 atom stereocenters. The van der Waals surface area contributed by atoms with Crippen LogP contribution in [0.4, 0.5) is 11.4 Å². The van der Waals surface area contributed by atoms with Crippen molar-refractivity contribution >= 4 is 50.7 Å². The minimum Gasteiger partial charge on any atom is -0.326 e. The highest BCUT2D eigenvalue weighted by Crippen LogP contribution is 2.34. The lowest BCUT2D eigenvalue weighted by atomic mass is 10.0. The van der Waals surface area contributed by atoms with E-state index in [1.165, 1.54) is 11.2 Å². The van der Waals surface area contributed by atoms with E-state index >= 15 is 0 Å². The summed E-state index contributed by atoms with van der Waals surface area (Å²) < 4.78 is 29.9. The van der Waals surface area contributed by atoms with Gasteiger partial charge in [0.1, 0.15) is 6.04 Å². The van der Waals surface area contributed by atoms with Gasteiger partial charge in [-0.1, -0.05) is 29.8 Å². The van der Waals surface area contributed by atoms with Gasteiger partial charge in [-0.05, 0) is 98.3 Å². The van der Waals surface area contributed by atoms with Gasteiger partial charge in [-0.15, -0.1) is 0 Å². The lowest BCUT2D eigenvalue weighted by Gasteiger charge is -2.29. The van der Waals surface area contributed by atoms with Crippen LogP contribution in [0.3, 0.4) is 0 Å². The summed E-state index contributed by atoms with van der Waals surface area (Å²) in [5, 5.41) is 3.16. The van der Waals surface area contributed by atoms with Crippen molar-refractivity contribution in [1.29, 1.82) is 0 Å². The number of rotatable bonds is 8. The topological polar surface area (TPSA) is 104 Å². The Kier molecular flexibility index (Phi) is 8.49. The maximum absolute atomic E-state index is 14.4. The molecule has 0 bridgehead atoms. The average molecular weight is 582 g/mol. The summed E-state index contributed by atoms with van der Waals surface area (Å²) in [4.78, 5) is 39.5. The third kappa shape index (κ3) is 5.82. The Morgan fingerprint density at radius 2 is 1.62 bits per heavy atom. The number of benzene rings is 3. The first-order chi connectivity index (χ1) is 18.8. The molecule has 3 aromatic rings. The molecule has 8 nitrogen and oxygen atoms in total. The van der Waals surface area contributed by atoms with Crippen LogP contribution in [0.5, 0.6) is 0 Å². The second-order valence-electron chi connectivity index (χ2n) is 10.1. The molecule has 0 saturated carbocycles. The maximum Gasteiger partial charge on any atom is 0.252 e. The van der Waals surface area contributed by atoms with Crippen molar-refractivity contribution in [2.24, 2.45) is 0 Å². The largest absolute Gasteiger partial charge is 0.326 e. The molecule has 0 spiro atoms. The molecular weight excluding hydrogens is 550 g/mol. The molecule has 0 aromatic heterocycles. The van der Waals surface area contributed by atoms with E-state index in [2.05, 4.69) is 5.32 Å². The number of amides is 3. The molecule has 210 valence electrons. The van der Waals surface area contributed by atoms with Crippen LogP contribution >= 0.6 is 11.6 Å². The minimum atomic E-state index is -4.20. The number of carbonyl (C=O) groups excluding carboxylic acids is 3. The van der Waals surface area contributed by atoms with Gasteiger partial charge in [-0.2, -0.15) is 4.31 Å². The van der Waals surface area contributed by atoms with Crippen molar-refractivity contribution in [3.8, 4) is 0 Å². The molecule has 4 rings (SSSR count). The fraction of sp³-hybridized carbons (Fsp3) is 0.300. The lowest BCUT2D eigenvalue weighted by molar-refractivity contribution is -0.122. The van der Waals surface area contributed by atoms with Crippen LogP contribution in [0.2, 0.25) is 5.02 Å². The monoisotopic (exact) mass is 581 g/mol. The van der Waals surface area contributed by atoms with E-state index in [0.29, 0.717) is 33.9 Å². The number of hydrogen-bond donors (Lipinski definition) is 1. The number of sulfonamides is 1. The zero-order chi connectivity index (χ0) is 29.4. The smallest absolute Gasteiger partial charge is 0.252 e. The quantitative estimate of drug-likeness (QED) is 0.373.